The minimum Gasteiger partial charge on any atom is -0.341 e. The molecule has 110 valence electrons. The Morgan fingerprint density at radius 1 is 1.05 bits per heavy atom. The molecule has 1 fully saturated rings. The van der Waals surface area contributed by atoms with Crippen molar-refractivity contribution in [3.8, 4) is 11.3 Å². The van der Waals surface area contributed by atoms with E-state index in [4.69, 9.17) is 10.7 Å². The van der Waals surface area contributed by atoms with Crippen molar-refractivity contribution < 1.29 is 0 Å². The second-order valence-electron chi connectivity index (χ2n) is 5.74. The van der Waals surface area contributed by atoms with E-state index in [9.17, 15) is 0 Å². The summed E-state index contributed by atoms with van der Waals surface area (Å²) >= 11 is 0. The third-order valence-corrected chi connectivity index (χ3v) is 4.17. The number of nitrogens with zero attached hydrogens (tertiary/aromatic N) is 3. The molecule has 1 aliphatic rings. The summed E-state index contributed by atoms with van der Waals surface area (Å²) in [4.78, 5) is 11.6. The van der Waals surface area contributed by atoms with Gasteiger partial charge in [-0.15, -0.1) is 0 Å². The van der Waals surface area contributed by atoms with Gasteiger partial charge in [0, 0.05) is 25.2 Å². The van der Waals surface area contributed by atoms with Gasteiger partial charge in [0.05, 0.1) is 11.4 Å². The van der Waals surface area contributed by atoms with Gasteiger partial charge in [0.25, 0.3) is 0 Å². The van der Waals surface area contributed by atoms with Crippen LogP contribution in [-0.4, -0.2) is 23.1 Å². The summed E-state index contributed by atoms with van der Waals surface area (Å²) in [6.45, 7) is 6.79. The van der Waals surface area contributed by atoms with Crippen LogP contribution >= 0.6 is 0 Å². The molecule has 0 unspecified atom stereocenters. The minimum atomic E-state index is 0.446. The highest BCUT2D eigenvalue weighted by Crippen LogP contribution is 2.24. The molecule has 0 bridgehead atoms. The van der Waals surface area contributed by atoms with Crippen molar-refractivity contribution in [3.05, 3.63) is 41.1 Å². The minimum absolute atomic E-state index is 0.446. The normalized spacial score (nSPS) is 14.7. The maximum atomic E-state index is 5.81. The first-order valence-corrected chi connectivity index (χ1v) is 7.58. The number of benzene rings is 1. The van der Waals surface area contributed by atoms with Crippen molar-refractivity contribution in [2.45, 2.75) is 33.2 Å². The first-order chi connectivity index (χ1) is 10.2. The lowest BCUT2D eigenvalue weighted by Crippen LogP contribution is -2.21. The molecule has 0 saturated carbocycles. The zero-order valence-corrected chi connectivity index (χ0v) is 12.8. The van der Waals surface area contributed by atoms with Gasteiger partial charge in [0.1, 0.15) is 0 Å². The lowest BCUT2D eigenvalue weighted by atomic mass is 10.0. The topological polar surface area (TPSA) is 55.0 Å². The number of aryl methyl sites for hydroxylation is 2. The Morgan fingerprint density at radius 2 is 1.81 bits per heavy atom. The summed E-state index contributed by atoms with van der Waals surface area (Å²) < 4.78 is 0. The fourth-order valence-corrected chi connectivity index (χ4v) is 2.70. The molecule has 4 heteroatoms. The van der Waals surface area contributed by atoms with Gasteiger partial charge in [-0.05, 0) is 49.9 Å². The van der Waals surface area contributed by atoms with Gasteiger partial charge < -0.3 is 10.6 Å². The summed E-state index contributed by atoms with van der Waals surface area (Å²) in [5, 5.41) is 0. The van der Waals surface area contributed by atoms with E-state index in [1.165, 1.54) is 24.0 Å². The molecule has 0 atom stereocenters. The Labute approximate surface area is 126 Å². The van der Waals surface area contributed by atoms with E-state index in [1.807, 2.05) is 6.07 Å². The molecule has 0 radical (unpaired) electrons. The maximum absolute atomic E-state index is 5.81. The van der Waals surface area contributed by atoms with Gasteiger partial charge in [-0.25, -0.2) is 9.97 Å². The molecular weight excluding hydrogens is 260 g/mol. The number of hydrogen-bond donors (Lipinski definition) is 1. The van der Waals surface area contributed by atoms with Crippen LogP contribution in [0.15, 0.2) is 24.3 Å². The Balaban J connectivity index is 2.04. The monoisotopic (exact) mass is 282 g/mol. The van der Waals surface area contributed by atoms with Gasteiger partial charge in [0.15, 0.2) is 0 Å². The molecule has 4 nitrogen and oxygen atoms in total. The molecule has 1 saturated heterocycles. The third kappa shape index (κ3) is 2.90. The van der Waals surface area contributed by atoms with Gasteiger partial charge in [-0.2, -0.15) is 0 Å². The molecule has 1 aliphatic heterocycles. The fourth-order valence-electron chi connectivity index (χ4n) is 2.70. The van der Waals surface area contributed by atoms with E-state index in [0.29, 0.717) is 6.54 Å². The van der Waals surface area contributed by atoms with Crippen molar-refractivity contribution in [1.82, 2.24) is 9.97 Å². The van der Waals surface area contributed by atoms with Crippen LogP contribution in [0.3, 0.4) is 0 Å². The average Bonchev–Trinajstić information content (AvgIpc) is 3.04. The highest BCUT2D eigenvalue weighted by atomic mass is 15.3. The average molecular weight is 282 g/mol. The van der Waals surface area contributed by atoms with Gasteiger partial charge in [-0.1, -0.05) is 12.1 Å². The standard InChI is InChI=1S/C17H22N4/c1-12-5-6-14(9-13(12)2)16-10-15(11-18)19-17(20-16)21-7-3-4-8-21/h5-6,9-10H,3-4,7-8,11,18H2,1-2H3. The summed E-state index contributed by atoms with van der Waals surface area (Å²) in [6, 6.07) is 8.46. The Hall–Kier alpha value is -1.94. The van der Waals surface area contributed by atoms with Crippen molar-refractivity contribution >= 4 is 5.95 Å². The van der Waals surface area contributed by atoms with E-state index in [1.54, 1.807) is 0 Å². The number of nitrogens with two attached hydrogens (primary N) is 1. The predicted octanol–water partition coefficient (Wildman–Crippen LogP) is 2.82. The van der Waals surface area contributed by atoms with Crippen molar-refractivity contribution in [1.29, 1.82) is 0 Å². The molecule has 0 spiro atoms. The van der Waals surface area contributed by atoms with Crippen molar-refractivity contribution in [2.75, 3.05) is 18.0 Å². The largest absolute Gasteiger partial charge is 0.341 e. The van der Waals surface area contributed by atoms with Crippen molar-refractivity contribution in [3.63, 3.8) is 0 Å². The molecule has 2 aromatic rings. The molecule has 21 heavy (non-hydrogen) atoms. The Morgan fingerprint density at radius 3 is 2.48 bits per heavy atom. The first-order valence-electron chi connectivity index (χ1n) is 7.58. The van der Waals surface area contributed by atoms with Gasteiger partial charge >= 0.3 is 0 Å². The van der Waals surface area contributed by atoms with Crippen molar-refractivity contribution in [2.24, 2.45) is 5.73 Å². The van der Waals surface area contributed by atoms with Crippen LogP contribution in [-0.2, 0) is 6.54 Å². The molecule has 0 aliphatic carbocycles. The Kier molecular flexibility index (Phi) is 3.88. The Bertz CT molecular complexity index is 645. The molecule has 0 amide bonds. The van der Waals surface area contributed by atoms with E-state index >= 15 is 0 Å². The highest BCUT2D eigenvalue weighted by molar-refractivity contribution is 5.62. The number of anilines is 1. The molecule has 3 rings (SSSR count). The molecular formula is C17H22N4. The number of hydrogen-bond acceptors (Lipinski definition) is 4. The van der Waals surface area contributed by atoms with Crippen LogP contribution in [0, 0.1) is 13.8 Å². The van der Waals surface area contributed by atoms with Gasteiger partial charge in [-0.3, -0.25) is 0 Å². The molecule has 2 N–H and O–H groups in total. The van der Waals surface area contributed by atoms with E-state index < -0.39 is 0 Å². The fraction of sp³-hybridized carbons (Fsp3) is 0.412. The maximum Gasteiger partial charge on any atom is 0.226 e. The predicted molar refractivity (Wildman–Crippen MR) is 86.3 cm³/mol. The second-order valence-corrected chi connectivity index (χ2v) is 5.74. The summed E-state index contributed by atoms with van der Waals surface area (Å²) in [5.74, 6) is 0.823. The van der Waals surface area contributed by atoms with Crippen LogP contribution in [0.25, 0.3) is 11.3 Å². The highest BCUT2D eigenvalue weighted by Gasteiger charge is 2.17. The second kappa shape index (κ2) is 5.82. The molecule has 1 aromatic carbocycles. The van der Waals surface area contributed by atoms with Crippen LogP contribution < -0.4 is 10.6 Å². The van der Waals surface area contributed by atoms with E-state index in [2.05, 4.69) is 41.9 Å². The summed E-state index contributed by atoms with van der Waals surface area (Å²) in [7, 11) is 0. The lowest BCUT2D eigenvalue weighted by Gasteiger charge is -2.17. The molecule has 2 heterocycles. The van der Waals surface area contributed by atoms with Gasteiger partial charge in [0.2, 0.25) is 5.95 Å². The quantitative estimate of drug-likeness (QED) is 0.940. The molecule has 1 aromatic heterocycles. The van der Waals surface area contributed by atoms with Crippen LogP contribution in [0.4, 0.5) is 5.95 Å². The van der Waals surface area contributed by atoms with E-state index in [-0.39, 0.29) is 0 Å². The lowest BCUT2D eigenvalue weighted by molar-refractivity contribution is 0.870. The van der Waals surface area contributed by atoms with Crippen LogP contribution in [0.1, 0.15) is 29.7 Å². The zero-order chi connectivity index (χ0) is 14.8. The zero-order valence-electron chi connectivity index (χ0n) is 12.8. The SMILES string of the molecule is Cc1ccc(-c2cc(CN)nc(N3CCCC3)n2)cc1C. The van der Waals surface area contributed by atoms with Crippen LogP contribution in [0.2, 0.25) is 0 Å². The van der Waals surface area contributed by atoms with Crippen LogP contribution in [0.5, 0.6) is 0 Å². The first kappa shape index (κ1) is 14.0. The summed E-state index contributed by atoms with van der Waals surface area (Å²) in [5.41, 5.74) is 11.4. The number of aromatic nitrogens is 2. The smallest absolute Gasteiger partial charge is 0.226 e. The summed E-state index contributed by atoms with van der Waals surface area (Å²) in [6.07, 6.45) is 2.43. The van der Waals surface area contributed by atoms with E-state index in [0.717, 1.165) is 36.0 Å². The third-order valence-electron chi connectivity index (χ3n) is 4.17. The number of rotatable bonds is 3.